The van der Waals surface area contributed by atoms with E-state index in [4.69, 9.17) is 0 Å². The summed E-state index contributed by atoms with van der Waals surface area (Å²) in [4.78, 5) is 11.5. The highest BCUT2D eigenvalue weighted by atomic mass is 16.4. The van der Waals surface area contributed by atoms with Crippen LogP contribution in [-0.2, 0) is 13.0 Å². The van der Waals surface area contributed by atoms with Crippen molar-refractivity contribution in [2.24, 2.45) is 0 Å². The first-order chi connectivity index (χ1) is 8.99. The molecule has 3 heteroatoms. The fourth-order valence-electron chi connectivity index (χ4n) is 2.60. The Bertz CT molecular complexity index is 623. The van der Waals surface area contributed by atoms with Gasteiger partial charge >= 0.3 is 5.97 Å². The van der Waals surface area contributed by atoms with E-state index in [0.717, 1.165) is 29.4 Å². The van der Waals surface area contributed by atoms with Crippen LogP contribution in [0.25, 0.3) is 10.9 Å². The van der Waals surface area contributed by atoms with Gasteiger partial charge in [-0.15, -0.1) is 0 Å². The molecule has 0 aliphatic rings. The van der Waals surface area contributed by atoms with Gasteiger partial charge in [0.15, 0.2) is 0 Å². The number of nitrogens with zero attached hydrogens (tertiary/aromatic N) is 1. The van der Waals surface area contributed by atoms with Crippen molar-refractivity contribution >= 4 is 16.9 Å². The van der Waals surface area contributed by atoms with Crippen LogP contribution in [0, 0.1) is 0 Å². The van der Waals surface area contributed by atoms with E-state index in [-0.39, 0.29) is 0 Å². The summed E-state index contributed by atoms with van der Waals surface area (Å²) < 4.78 is 2.05. The maximum Gasteiger partial charge on any atom is 0.337 e. The van der Waals surface area contributed by atoms with Crippen LogP contribution < -0.4 is 0 Å². The maximum atomic E-state index is 11.5. The van der Waals surface area contributed by atoms with Gasteiger partial charge in [-0.2, -0.15) is 0 Å². The van der Waals surface area contributed by atoms with Crippen LogP contribution in [-0.4, -0.2) is 15.6 Å². The average Bonchev–Trinajstić information content (AvgIpc) is 2.75. The minimum absolute atomic E-state index is 0.393. The van der Waals surface area contributed by atoms with Gasteiger partial charge < -0.3 is 9.67 Å². The lowest BCUT2D eigenvalue weighted by molar-refractivity contribution is 0.0698. The molecular formula is C16H21NO2. The molecule has 0 aliphatic carbocycles. The van der Waals surface area contributed by atoms with Crippen molar-refractivity contribution < 1.29 is 9.90 Å². The van der Waals surface area contributed by atoms with Crippen molar-refractivity contribution in [2.75, 3.05) is 0 Å². The first kappa shape index (κ1) is 13.7. The fraction of sp³-hybridized carbons (Fsp3) is 0.438. The van der Waals surface area contributed by atoms with Crippen molar-refractivity contribution in [1.82, 2.24) is 4.57 Å². The lowest BCUT2D eigenvalue weighted by Crippen LogP contribution is -2.03. The Balaban J connectivity index is 2.89. The van der Waals surface area contributed by atoms with Crippen LogP contribution in [0.3, 0.4) is 0 Å². The molecule has 1 N–H and O–H groups in total. The van der Waals surface area contributed by atoms with Crippen LogP contribution in [0.15, 0.2) is 18.3 Å². The maximum absolute atomic E-state index is 11.5. The quantitative estimate of drug-likeness (QED) is 0.900. The third-order valence-corrected chi connectivity index (χ3v) is 3.66. The number of aromatic nitrogens is 1. The van der Waals surface area contributed by atoms with E-state index < -0.39 is 5.97 Å². The van der Waals surface area contributed by atoms with Gasteiger partial charge in [0.1, 0.15) is 0 Å². The van der Waals surface area contributed by atoms with Crippen molar-refractivity contribution in [3.8, 4) is 0 Å². The number of hydrogen-bond acceptors (Lipinski definition) is 1. The van der Waals surface area contributed by atoms with E-state index in [2.05, 4.69) is 33.0 Å². The summed E-state index contributed by atoms with van der Waals surface area (Å²) in [6.45, 7) is 9.18. The molecule has 0 spiro atoms. The van der Waals surface area contributed by atoms with Crippen LogP contribution >= 0.6 is 0 Å². The molecule has 0 aliphatic heterocycles. The summed E-state index contributed by atoms with van der Waals surface area (Å²) in [7, 11) is 0. The van der Waals surface area contributed by atoms with Crippen LogP contribution in [0.4, 0.5) is 0 Å². The lowest BCUT2D eigenvalue weighted by Gasteiger charge is -2.08. The van der Waals surface area contributed by atoms with Gasteiger partial charge in [-0.25, -0.2) is 4.79 Å². The minimum Gasteiger partial charge on any atom is -0.478 e. The molecule has 19 heavy (non-hydrogen) atoms. The van der Waals surface area contributed by atoms with E-state index in [1.807, 2.05) is 11.5 Å². The van der Waals surface area contributed by atoms with Crippen molar-refractivity contribution in [3.63, 3.8) is 0 Å². The molecule has 2 aromatic rings. The van der Waals surface area contributed by atoms with E-state index in [9.17, 15) is 9.90 Å². The third kappa shape index (κ3) is 2.25. The highest BCUT2D eigenvalue weighted by Crippen LogP contribution is 2.31. The number of carbonyl (C=O) groups is 1. The van der Waals surface area contributed by atoms with Crippen LogP contribution in [0.5, 0.6) is 0 Å². The molecule has 1 heterocycles. The highest BCUT2D eigenvalue weighted by Gasteiger charge is 2.18. The Morgan fingerprint density at radius 3 is 2.47 bits per heavy atom. The topological polar surface area (TPSA) is 42.2 Å². The van der Waals surface area contributed by atoms with Gasteiger partial charge in [0.05, 0.1) is 11.1 Å². The van der Waals surface area contributed by atoms with Gasteiger partial charge in [-0.05, 0) is 42.5 Å². The van der Waals surface area contributed by atoms with E-state index in [1.165, 1.54) is 5.56 Å². The normalized spacial score (nSPS) is 11.4. The van der Waals surface area contributed by atoms with Crippen molar-refractivity contribution in [1.29, 1.82) is 0 Å². The summed E-state index contributed by atoms with van der Waals surface area (Å²) in [5, 5.41) is 10.5. The number of carboxylic acid groups (broad SMARTS) is 1. The Kier molecular flexibility index (Phi) is 3.65. The number of aryl methyl sites for hydroxylation is 2. The second-order valence-corrected chi connectivity index (χ2v) is 5.22. The molecule has 0 bridgehead atoms. The Hall–Kier alpha value is -1.77. The smallest absolute Gasteiger partial charge is 0.337 e. The number of fused-ring (bicyclic) bond motifs is 1. The van der Waals surface area contributed by atoms with E-state index in [1.54, 1.807) is 6.07 Å². The molecule has 3 nitrogen and oxygen atoms in total. The van der Waals surface area contributed by atoms with Gasteiger partial charge in [-0.3, -0.25) is 0 Å². The Labute approximate surface area is 113 Å². The van der Waals surface area contributed by atoms with Crippen LogP contribution in [0.1, 0.15) is 55.1 Å². The van der Waals surface area contributed by atoms with Gasteiger partial charge in [0.2, 0.25) is 0 Å². The molecule has 0 amide bonds. The molecule has 1 aromatic carbocycles. The summed E-state index contributed by atoms with van der Waals surface area (Å²) in [6, 6.07) is 3.95. The molecule has 0 atom stereocenters. The molecule has 0 fully saturated rings. The molecular weight excluding hydrogens is 238 g/mol. The van der Waals surface area contributed by atoms with Gasteiger partial charge in [0.25, 0.3) is 0 Å². The molecule has 0 saturated heterocycles. The average molecular weight is 259 g/mol. The van der Waals surface area contributed by atoms with E-state index in [0.29, 0.717) is 11.5 Å². The highest BCUT2D eigenvalue weighted by molar-refractivity contribution is 6.04. The largest absolute Gasteiger partial charge is 0.478 e. The predicted molar refractivity (Wildman–Crippen MR) is 78.0 cm³/mol. The molecule has 0 saturated carbocycles. The summed E-state index contributed by atoms with van der Waals surface area (Å²) in [6.07, 6.45) is 2.95. The molecule has 102 valence electrons. The minimum atomic E-state index is -0.844. The third-order valence-electron chi connectivity index (χ3n) is 3.66. The fourth-order valence-corrected chi connectivity index (χ4v) is 2.60. The number of carboxylic acids is 1. The second-order valence-electron chi connectivity index (χ2n) is 5.22. The standard InChI is InChI=1S/C16H21NO2/c1-5-11-7-12-14(10(3)4)9-17(6-2)15(12)13(8-11)16(18)19/h7-10H,5-6H2,1-4H3,(H,18,19). The number of rotatable bonds is 4. The first-order valence-electron chi connectivity index (χ1n) is 6.88. The van der Waals surface area contributed by atoms with Crippen LogP contribution in [0.2, 0.25) is 0 Å². The number of aromatic carboxylic acids is 1. The zero-order chi connectivity index (χ0) is 14.2. The monoisotopic (exact) mass is 259 g/mol. The first-order valence-corrected chi connectivity index (χ1v) is 6.88. The van der Waals surface area contributed by atoms with Crippen molar-refractivity contribution in [2.45, 2.75) is 46.6 Å². The Morgan fingerprint density at radius 1 is 1.32 bits per heavy atom. The summed E-state index contributed by atoms with van der Waals surface area (Å²) in [5.41, 5.74) is 3.59. The summed E-state index contributed by atoms with van der Waals surface area (Å²) in [5.74, 6) is -0.451. The zero-order valence-corrected chi connectivity index (χ0v) is 12.0. The number of benzene rings is 1. The predicted octanol–water partition coefficient (Wildman–Crippen LogP) is 4.05. The summed E-state index contributed by atoms with van der Waals surface area (Å²) >= 11 is 0. The molecule has 2 rings (SSSR count). The molecule has 1 aromatic heterocycles. The van der Waals surface area contributed by atoms with Crippen molar-refractivity contribution in [3.05, 3.63) is 35.0 Å². The zero-order valence-electron chi connectivity index (χ0n) is 12.0. The van der Waals surface area contributed by atoms with Gasteiger partial charge in [0, 0.05) is 18.1 Å². The lowest BCUT2D eigenvalue weighted by atomic mass is 9.98. The van der Waals surface area contributed by atoms with Gasteiger partial charge in [-0.1, -0.05) is 20.8 Å². The molecule has 0 radical (unpaired) electrons. The SMILES string of the molecule is CCc1cc(C(=O)O)c2c(c1)c(C(C)C)cn2CC. The second kappa shape index (κ2) is 5.08. The molecule has 0 unspecified atom stereocenters. The number of hydrogen-bond donors (Lipinski definition) is 1. The Morgan fingerprint density at radius 2 is 2.00 bits per heavy atom. The van der Waals surface area contributed by atoms with E-state index >= 15 is 0 Å².